The maximum absolute atomic E-state index is 13.5. The zero-order valence-electron chi connectivity index (χ0n) is 15.9. The van der Waals surface area contributed by atoms with E-state index in [2.05, 4.69) is 5.32 Å². The predicted octanol–water partition coefficient (Wildman–Crippen LogP) is 3.72. The van der Waals surface area contributed by atoms with Crippen LogP contribution in [0.3, 0.4) is 0 Å². The number of hydrogen-bond donors (Lipinski definition) is 1. The van der Waals surface area contributed by atoms with Gasteiger partial charge in [-0.3, -0.25) is 14.2 Å². The number of amides is 1. The van der Waals surface area contributed by atoms with Crippen LogP contribution in [-0.4, -0.2) is 15.5 Å². The molecule has 0 aliphatic carbocycles. The third-order valence-corrected chi connectivity index (χ3v) is 5.34. The molecule has 1 unspecified atom stereocenters. The Morgan fingerprint density at radius 1 is 0.966 bits per heavy atom. The van der Waals surface area contributed by atoms with Crippen LogP contribution in [0.2, 0.25) is 0 Å². The number of aryl methyl sites for hydroxylation is 1. The molecule has 0 radical (unpaired) electrons. The number of fused-ring (bicyclic) bond motifs is 4. The Hall–Kier alpha value is -3.73. The third kappa shape index (κ3) is 2.91. The molecule has 1 atom stereocenters. The van der Waals surface area contributed by atoms with Crippen molar-refractivity contribution in [3.63, 3.8) is 0 Å². The molecule has 0 saturated carbocycles. The highest BCUT2D eigenvalue weighted by Crippen LogP contribution is 2.27. The van der Waals surface area contributed by atoms with Crippen molar-refractivity contribution in [2.75, 3.05) is 0 Å². The second-order valence-electron chi connectivity index (χ2n) is 7.36. The molecule has 5 rings (SSSR count). The van der Waals surface area contributed by atoms with Crippen molar-refractivity contribution in [2.45, 2.75) is 19.4 Å². The molecule has 142 valence electrons. The van der Waals surface area contributed by atoms with E-state index in [1.165, 1.54) is 0 Å². The lowest BCUT2D eigenvalue weighted by Crippen LogP contribution is -2.31. The summed E-state index contributed by atoms with van der Waals surface area (Å²) in [5, 5.41) is 3.63. The molecule has 5 nitrogen and oxygen atoms in total. The van der Waals surface area contributed by atoms with Gasteiger partial charge in [-0.05, 0) is 43.2 Å². The Morgan fingerprint density at radius 2 is 1.72 bits per heavy atom. The molecule has 0 saturated heterocycles. The molecule has 1 amide bonds. The van der Waals surface area contributed by atoms with Crippen molar-refractivity contribution in [3.05, 3.63) is 106 Å². The minimum atomic E-state index is -0.421. The van der Waals surface area contributed by atoms with Gasteiger partial charge in [-0.25, -0.2) is 4.98 Å². The van der Waals surface area contributed by atoms with Gasteiger partial charge in [0.1, 0.15) is 5.82 Å². The highest BCUT2D eigenvalue weighted by molar-refractivity contribution is 5.98. The zero-order valence-corrected chi connectivity index (χ0v) is 15.9. The first-order valence-electron chi connectivity index (χ1n) is 9.59. The molecule has 0 spiro atoms. The monoisotopic (exact) mass is 381 g/mol. The Kier molecular flexibility index (Phi) is 4.02. The number of aromatic nitrogens is 2. The van der Waals surface area contributed by atoms with Crippen LogP contribution in [0.15, 0.2) is 77.6 Å². The van der Waals surface area contributed by atoms with E-state index in [1.807, 2.05) is 61.5 Å². The fourth-order valence-corrected chi connectivity index (χ4v) is 3.94. The van der Waals surface area contributed by atoms with Crippen molar-refractivity contribution < 1.29 is 4.79 Å². The SMILES string of the molecule is Cc1ccc2nc3n(c(=O)c2c1)-c1ccccc1C(=O)NC3Cc1ccccc1. The molecule has 1 aliphatic heterocycles. The zero-order chi connectivity index (χ0) is 20.0. The summed E-state index contributed by atoms with van der Waals surface area (Å²) in [6.45, 7) is 1.95. The summed E-state index contributed by atoms with van der Waals surface area (Å²) in [4.78, 5) is 31.3. The Bertz CT molecular complexity index is 1310. The number of carbonyl (C=O) groups is 1. The fraction of sp³-hybridized carbons (Fsp3) is 0.125. The molecule has 1 aliphatic rings. The van der Waals surface area contributed by atoms with Gasteiger partial charge in [-0.2, -0.15) is 0 Å². The molecular weight excluding hydrogens is 362 g/mol. The number of para-hydroxylation sites is 1. The molecule has 5 heteroatoms. The topological polar surface area (TPSA) is 64.0 Å². The number of nitrogens with one attached hydrogen (secondary N) is 1. The first-order chi connectivity index (χ1) is 14.1. The van der Waals surface area contributed by atoms with Gasteiger partial charge in [0.15, 0.2) is 0 Å². The highest BCUT2D eigenvalue weighted by atomic mass is 16.2. The van der Waals surface area contributed by atoms with Crippen LogP contribution in [0.25, 0.3) is 16.6 Å². The maximum Gasteiger partial charge on any atom is 0.266 e. The second-order valence-corrected chi connectivity index (χ2v) is 7.36. The number of carbonyl (C=O) groups excluding carboxylic acids is 1. The number of hydrogen-bond acceptors (Lipinski definition) is 3. The Balaban J connectivity index is 1.81. The molecule has 1 N–H and O–H groups in total. The Labute approximate surface area is 167 Å². The predicted molar refractivity (Wildman–Crippen MR) is 112 cm³/mol. The molecule has 2 heterocycles. The normalized spacial score (nSPS) is 15.3. The summed E-state index contributed by atoms with van der Waals surface area (Å²) in [6, 6.07) is 22.3. The summed E-state index contributed by atoms with van der Waals surface area (Å²) >= 11 is 0. The highest BCUT2D eigenvalue weighted by Gasteiger charge is 2.29. The fourth-order valence-electron chi connectivity index (χ4n) is 3.94. The van der Waals surface area contributed by atoms with Gasteiger partial charge < -0.3 is 5.32 Å². The van der Waals surface area contributed by atoms with E-state index in [0.29, 0.717) is 34.4 Å². The standard InChI is InChI=1S/C24H19N3O2/c1-15-11-12-19-18(13-15)24(29)27-21-10-6-5-9-17(21)23(28)26-20(22(27)25-19)14-16-7-3-2-4-8-16/h2-13,20H,14H2,1H3,(H,26,28). The lowest BCUT2D eigenvalue weighted by atomic mass is 10.0. The third-order valence-electron chi connectivity index (χ3n) is 5.34. The quantitative estimate of drug-likeness (QED) is 0.576. The van der Waals surface area contributed by atoms with E-state index in [0.717, 1.165) is 11.1 Å². The molecule has 4 aromatic rings. The molecule has 0 bridgehead atoms. The van der Waals surface area contributed by atoms with Crippen LogP contribution in [-0.2, 0) is 6.42 Å². The van der Waals surface area contributed by atoms with Crippen molar-refractivity contribution in [3.8, 4) is 5.69 Å². The van der Waals surface area contributed by atoms with Crippen LogP contribution in [0, 0.1) is 6.92 Å². The number of nitrogens with zero attached hydrogens (tertiary/aromatic N) is 2. The van der Waals surface area contributed by atoms with Gasteiger partial charge in [0.25, 0.3) is 11.5 Å². The van der Waals surface area contributed by atoms with Crippen LogP contribution in [0.5, 0.6) is 0 Å². The molecule has 3 aromatic carbocycles. The smallest absolute Gasteiger partial charge is 0.266 e. The lowest BCUT2D eigenvalue weighted by Gasteiger charge is -2.19. The van der Waals surface area contributed by atoms with Crippen LogP contribution < -0.4 is 10.9 Å². The second kappa shape index (κ2) is 6.71. The maximum atomic E-state index is 13.5. The number of benzene rings is 3. The summed E-state index contributed by atoms with van der Waals surface area (Å²) in [5.74, 6) is 0.347. The van der Waals surface area contributed by atoms with Gasteiger partial charge in [-0.15, -0.1) is 0 Å². The minimum absolute atomic E-state index is 0.157. The van der Waals surface area contributed by atoms with E-state index in [-0.39, 0.29) is 11.5 Å². The van der Waals surface area contributed by atoms with Crippen molar-refractivity contribution >= 4 is 16.8 Å². The number of rotatable bonds is 2. The van der Waals surface area contributed by atoms with Gasteiger partial charge in [-0.1, -0.05) is 54.1 Å². The van der Waals surface area contributed by atoms with Crippen molar-refractivity contribution in [1.29, 1.82) is 0 Å². The average molecular weight is 381 g/mol. The molecule has 1 aromatic heterocycles. The molecular formula is C24H19N3O2. The summed E-state index contributed by atoms with van der Waals surface area (Å²) < 4.78 is 1.60. The van der Waals surface area contributed by atoms with Crippen molar-refractivity contribution in [2.24, 2.45) is 0 Å². The minimum Gasteiger partial charge on any atom is -0.342 e. The van der Waals surface area contributed by atoms with Crippen LogP contribution in [0.1, 0.15) is 33.4 Å². The van der Waals surface area contributed by atoms with E-state index in [4.69, 9.17) is 4.98 Å². The van der Waals surface area contributed by atoms with Gasteiger partial charge >= 0.3 is 0 Å². The first kappa shape index (κ1) is 17.4. The summed E-state index contributed by atoms with van der Waals surface area (Å²) in [5.41, 5.74) is 3.58. The van der Waals surface area contributed by atoms with Crippen LogP contribution in [0.4, 0.5) is 0 Å². The van der Waals surface area contributed by atoms with E-state index in [9.17, 15) is 9.59 Å². The van der Waals surface area contributed by atoms with Crippen LogP contribution >= 0.6 is 0 Å². The van der Waals surface area contributed by atoms with Gasteiger partial charge in [0.05, 0.1) is 28.2 Å². The molecule has 29 heavy (non-hydrogen) atoms. The van der Waals surface area contributed by atoms with E-state index in [1.54, 1.807) is 22.8 Å². The summed E-state index contributed by atoms with van der Waals surface area (Å²) in [6.07, 6.45) is 0.546. The molecule has 0 fully saturated rings. The van der Waals surface area contributed by atoms with Crippen molar-refractivity contribution in [1.82, 2.24) is 14.9 Å². The first-order valence-corrected chi connectivity index (χ1v) is 9.59. The lowest BCUT2D eigenvalue weighted by molar-refractivity contribution is 0.0938. The van der Waals surface area contributed by atoms with E-state index >= 15 is 0 Å². The average Bonchev–Trinajstić information content (AvgIpc) is 2.85. The summed E-state index contributed by atoms with van der Waals surface area (Å²) in [7, 11) is 0. The van der Waals surface area contributed by atoms with Gasteiger partial charge in [0, 0.05) is 0 Å². The van der Waals surface area contributed by atoms with E-state index < -0.39 is 6.04 Å². The Morgan fingerprint density at radius 3 is 2.55 bits per heavy atom. The van der Waals surface area contributed by atoms with Gasteiger partial charge in [0.2, 0.25) is 0 Å². The largest absolute Gasteiger partial charge is 0.342 e.